The summed E-state index contributed by atoms with van der Waals surface area (Å²) in [6, 6.07) is 7.46. The van der Waals surface area contributed by atoms with Crippen molar-refractivity contribution < 1.29 is 4.79 Å². The molecule has 0 spiro atoms. The lowest BCUT2D eigenvalue weighted by molar-refractivity contribution is 0.0954. The summed E-state index contributed by atoms with van der Waals surface area (Å²) in [6.07, 6.45) is 4.01. The maximum atomic E-state index is 12.1. The molecule has 0 fully saturated rings. The van der Waals surface area contributed by atoms with Gasteiger partial charge in [0.25, 0.3) is 5.91 Å². The molecule has 3 heteroatoms. The van der Waals surface area contributed by atoms with Crippen LogP contribution in [0, 0.1) is 12.8 Å². The summed E-state index contributed by atoms with van der Waals surface area (Å²) in [5, 5.41) is 4.30. The van der Waals surface area contributed by atoms with Crippen molar-refractivity contribution in [2.45, 2.75) is 33.6 Å². The summed E-state index contributed by atoms with van der Waals surface area (Å²) in [7, 11) is 0. The normalized spacial score (nSPS) is 20.0. The molecule has 1 amide bonds. The maximum absolute atomic E-state index is 12.1. The monoisotopic (exact) mass is 282 g/mol. The van der Waals surface area contributed by atoms with Gasteiger partial charge in [-0.1, -0.05) is 35.9 Å². The number of hydrogen-bond donors (Lipinski definition) is 1. The van der Waals surface area contributed by atoms with Crippen molar-refractivity contribution in [2.24, 2.45) is 11.0 Å². The molecular formula is C18H22N2O. The first-order chi connectivity index (χ1) is 9.97. The van der Waals surface area contributed by atoms with Crippen LogP contribution in [-0.4, -0.2) is 11.6 Å². The second-order valence-electron chi connectivity index (χ2n) is 5.74. The Bertz CT molecular complexity index is 609. The third-order valence-corrected chi connectivity index (χ3v) is 3.91. The smallest absolute Gasteiger partial charge is 0.267 e. The standard InChI is InChI=1S/C18H22N2O/c1-12(2)16-10-7-14(4)17(11-16)19-20-18(21)15-8-5-13(3)6-9-15/h5-9,16H,1,10-11H2,2-4H3,(H,20,21)/t16-/m1/s1. The highest BCUT2D eigenvalue weighted by molar-refractivity contribution is 6.02. The van der Waals surface area contributed by atoms with E-state index >= 15 is 0 Å². The van der Waals surface area contributed by atoms with Gasteiger partial charge in [-0.3, -0.25) is 4.79 Å². The van der Waals surface area contributed by atoms with Crippen LogP contribution in [0.4, 0.5) is 0 Å². The van der Waals surface area contributed by atoms with Gasteiger partial charge in [0.05, 0.1) is 5.71 Å². The van der Waals surface area contributed by atoms with E-state index in [4.69, 9.17) is 0 Å². The van der Waals surface area contributed by atoms with Crippen molar-refractivity contribution in [3.05, 3.63) is 59.2 Å². The van der Waals surface area contributed by atoms with Crippen LogP contribution in [0.2, 0.25) is 0 Å². The van der Waals surface area contributed by atoms with Crippen LogP contribution in [0.3, 0.4) is 0 Å². The van der Waals surface area contributed by atoms with Gasteiger partial charge in [0, 0.05) is 5.56 Å². The molecule has 3 nitrogen and oxygen atoms in total. The number of allylic oxidation sites excluding steroid dienone is 3. The molecular weight excluding hydrogens is 260 g/mol. The van der Waals surface area contributed by atoms with Gasteiger partial charge in [-0.15, -0.1) is 0 Å². The SMILES string of the molecule is C=C(C)[C@@H]1CC=C(C)C(=NNC(=O)c2ccc(C)cc2)C1. The van der Waals surface area contributed by atoms with Gasteiger partial charge < -0.3 is 0 Å². The zero-order valence-electron chi connectivity index (χ0n) is 12.9. The molecule has 0 bridgehead atoms. The molecule has 1 aromatic rings. The van der Waals surface area contributed by atoms with Gasteiger partial charge in [-0.05, 0) is 57.2 Å². The zero-order chi connectivity index (χ0) is 15.4. The summed E-state index contributed by atoms with van der Waals surface area (Å²) < 4.78 is 0. The molecule has 0 saturated carbocycles. The Morgan fingerprint density at radius 3 is 2.57 bits per heavy atom. The highest BCUT2D eigenvalue weighted by Crippen LogP contribution is 2.26. The van der Waals surface area contributed by atoms with E-state index in [0.29, 0.717) is 11.5 Å². The fourth-order valence-electron chi connectivity index (χ4n) is 2.31. The Labute approximate surface area is 126 Å². The molecule has 1 aliphatic rings. The minimum Gasteiger partial charge on any atom is -0.267 e. The van der Waals surface area contributed by atoms with E-state index in [-0.39, 0.29) is 5.91 Å². The van der Waals surface area contributed by atoms with Crippen LogP contribution in [0.5, 0.6) is 0 Å². The van der Waals surface area contributed by atoms with Crippen molar-refractivity contribution in [1.29, 1.82) is 0 Å². The Morgan fingerprint density at radius 2 is 1.95 bits per heavy atom. The first-order valence-corrected chi connectivity index (χ1v) is 7.23. The molecule has 1 N–H and O–H groups in total. The first-order valence-electron chi connectivity index (χ1n) is 7.23. The Morgan fingerprint density at radius 1 is 1.29 bits per heavy atom. The van der Waals surface area contributed by atoms with Crippen molar-refractivity contribution in [3.63, 3.8) is 0 Å². The predicted octanol–water partition coefficient (Wildman–Crippen LogP) is 4.01. The van der Waals surface area contributed by atoms with Crippen molar-refractivity contribution in [3.8, 4) is 0 Å². The second kappa shape index (κ2) is 6.53. The molecule has 0 unspecified atom stereocenters. The third kappa shape index (κ3) is 3.91. The second-order valence-corrected chi connectivity index (χ2v) is 5.74. The molecule has 0 aromatic heterocycles. The zero-order valence-corrected chi connectivity index (χ0v) is 12.9. The van der Waals surface area contributed by atoms with Crippen LogP contribution in [0.15, 0.2) is 53.2 Å². The molecule has 1 atom stereocenters. The van der Waals surface area contributed by atoms with E-state index < -0.39 is 0 Å². The van der Waals surface area contributed by atoms with Crippen LogP contribution >= 0.6 is 0 Å². The summed E-state index contributed by atoms with van der Waals surface area (Å²) in [5.41, 5.74) is 7.65. The average Bonchev–Trinajstić information content (AvgIpc) is 2.46. The average molecular weight is 282 g/mol. The Hall–Kier alpha value is -2.16. The molecule has 0 aliphatic heterocycles. The van der Waals surface area contributed by atoms with Gasteiger partial charge in [-0.25, -0.2) is 5.43 Å². The minimum atomic E-state index is -0.173. The molecule has 1 aromatic carbocycles. The van der Waals surface area contributed by atoms with Gasteiger partial charge >= 0.3 is 0 Å². The third-order valence-electron chi connectivity index (χ3n) is 3.91. The molecule has 0 heterocycles. The molecule has 1 aliphatic carbocycles. The maximum Gasteiger partial charge on any atom is 0.271 e. The minimum absolute atomic E-state index is 0.173. The number of nitrogens with zero attached hydrogens (tertiary/aromatic N) is 1. The molecule has 0 radical (unpaired) electrons. The fraction of sp³-hybridized carbons (Fsp3) is 0.333. The topological polar surface area (TPSA) is 41.5 Å². The van der Waals surface area contributed by atoms with E-state index in [1.54, 1.807) is 0 Å². The summed E-state index contributed by atoms with van der Waals surface area (Å²) >= 11 is 0. The van der Waals surface area contributed by atoms with Gasteiger partial charge in [0.1, 0.15) is 0 Å². The van der Waals surface area contributed by atoms with Crippen LogP contribution < -0.4 is 5.43 Å². The van der Waals surface area contributed by atoms with Crippen LogP contribution in [-0.2, 0) is 0 Å². The van der Waals surface area contributed by atoms with Crippen molar-refractivity contribution >= 4 is 11.6 Å². The number of nitrogens with one attached hydrogen (secondary N) is 1. The lowest BCUT2D eigenvalue weighted by Crippen LogP contribution is -2.23. The number of carbonyl (C=O) groups is 1. The van der Waals surface area contributed by atoms with Crippen molar-refractivity contribution in [1.82, 2.24) is 5.43 Å². The lowest BCUT2D eigenvalue weighted by atomic mass is 9.85. The summed E-state index contributed by atoms with van der Waals surface area (Å²) in [4.78, 5) is 12.1. The largest absolute Gasteiger partial charge is 0.271 e. The number of amides is 1. The van der Waals surface area contributed by atoms with Gasteiger partial charge in [0.15, 0.2) is 0 Å². The predicted molar refractivity (Wildman–Crippen MR) is 87.4 cm³/mol. The van der Waals surface area contributed by atoms with E-state index in [1.807, 2.05) is 45.0 Å². The van der Waals surface area contributed by atoms with Crippen molar-refractivity contribution in [2.75, 3.05) is 0 Å². The number of rotatable bonds is 3. The number of carbonyl (C=O) groups excluding carboxylic acids is 1. The summed E-state index contributed by atoms with van der Waals surface area (Å²) in [5.74, 6) is 0.247. The molecule has 110 valence electrons. The molecule has 21 heavy (non-hydrogen) atoms. The first kappa shape index (κ1) is 15.2. The van der Waals surface area contributed by atoms with Crippen LogP contribution in [0.1, 0.15) is 42.6 Å². The lowest BCUT2D eigenvalue weighted by Gasteiger charge is -2.22. The van der Waals surface area contributed by atoms with Gasteiger partial charge in [-0.2, -0.15) is 5.10 Å². The number of aryl methyl sites for hydroxylation is 1. The Kier molecular flexibility index (Phi) is 4.73. The van der Waals surface area contributed by atoms with E-state index in [0.717, 1.165) is 35.3 Å². The summed E-state index contributed by atoms with van der Waals surface area (Å²) in [6.45, 7) is 10.1. The highest BCUT2D eigenvalue weighted by Gasteiger charge is 2.18. The van der Waals surface area contributed by atoms with Gasteiger partial charge in [0.2, 0.25) is 0 Å². The quantitative estimate of drug-likeness (QED) is 0.660. The van der Waals surface area contributed by atoms with Crippen LogP contribution in [0.25, 0.3) is 0 Å². The number of hydrazone groups is 1. The molecule has 2 rings (SSSR count). The fourth-order valence-corrected chi connectivity index (χ4v) is 2.31. The molecule has 0 saturated heterocycles. The number of benzene rings is 1. The Balaban J connectivity index is 2.07. The van der Waals surface area contributed by atoms with E-state index in [2.05, 4.69) is 23.2 Å². The van der Waals surface area contributed by atoms with E-state index in [9.17, 15) is 4.79 Å². The van der Waals surface area contributed by atoms with E-state index in [1.165, 1.54) is 0 Å². The number of hydrogen-bond acceptors (Lipinski definition) is 2. The highest BCUT2D eigenvalue weighted by atomic mass is 16.2.